The first-order chi connectivity index (χ1) is 8.78. The molecule has 0 radical (unpaired) electrons. The molecule has 0 amide bonds. The molecule has 96 valence electrons. The maximum Gasteiger partial charge on any atom is 0.224 e. The fourth-order valence-corrected chi connectivity index (χ4v) is 2.47. The van der Waals surface area contributed by atoms with Crippen LogP contribution in [0.2, 0.25) is 0 Å². The highest BCUT2D eigenvalue weighted by molar-refractivity contribution is 5.33. The molecule has 1 N–H and O–H groups in total. The molecule has 1 aliphatic carbocycles. The Hall–Kier alpha value is -1.63. The van der Waals surface area contributed by atoms with Gasteiger partial charge in [0.25, 0.3) is 0 Å². The van der Waals surface area contributed by atoms with Gasteiger partial charge < -0.3 is 5.32 Å². The topological polar surface area (TPSA) is 61.6 Å². The fraction of sp³-hybridized carbons (Fsp3) is 0.643. The molecule has 1 aromatic rings. The van der Waals surface area contributed by atoms with Crippen molar-refractivity contribution in [2.45, 2.75) is 57.9 Å². The average Bonchev–Trinajstić information content (AvgIpc) is 2.31. The molecule has 1 heterocycles. The summed E-state index contributed by atoms with van der Waals surface area (Å²) in [6, 6.07) is 4.25. The van der Waals surface area contributed by atoms with Crippen molar-refractivity contribution in [3.8, 4) is 6.07 Å². The highest BCUT2D eigenvalue weighted by Gasteiger charge is 2.12. The van der Waals surface area contributed by atoms with Crippen molar-refractivity contribution in [3.05, 3.63) is 17.5 Å². The molecular weight excluding hydrogens is 224 g/mol. The Morgan fingerprint density at radius 3 is 2.50 bits per heavy atom. The molecule has 0 bridgehead atoms. The molecule has 2 rings (SSSR count). The van der Waals surface area contributed by atoms with Gasteiger partial charge in [0.15, 0.2) is 0 Å². The van der Waals surface area contributed by atoms with Crippen LogP contribution in [0.4, 0.5) is 5.95 Å². The molecule has 0 atom stereocenters. The minimum Gasteiger partial charge on any atom is -0.351 e. The van der Waals surface area contributed by atoms with Gasteiger partial charge in [-0.1, -0.05) is 32.1 Å². The Morgan fingerprint density at radius 2 is 1.83 bits per heavy atom. The third-order valence-corrected chi connectivity index (χ3v) is 3.41. The smallest absolute Gasteiger partial charge is 0.224 e. The highest BCUT2D eigenvalue weighted by atomic mass is 15.1. The van der Waals surface area contributed by atoms with Crippen molar-refractivity contribution >= 4 is 5.95 Å². The third-order valence-electron chi connectivity index (χ3n) is 3.41. The molecule has 0 aromatic carbocycles. The predicted molar refractivity (Wildman–Crippen MR) is 71.2 cm³/mol. The number of rotatable bonds is 2. The molecule has 4 heteroatoms. The van der Waals surface area contributed by atoms with E-state index in [0.717, 1.165) is 5.69 Å². The summed E-state index contributed by atoms with van der Waals surface area (Å²) >= 11 is 0. The quantitative estimate of drug-likeness (QED) is 0.868. The average molecular weight is 244 g/mol. The lowest BCUT2D eigenvalue weighted by Crippen LogP contribution is -2.22. The van der Waals surface area contributed by atoms with E-state index in [1.54, 1.807) is 6.07 Å². The first-order valence-electron chi connectivity index (χ1n) is 6.80. The van der Waals surface area contributed by atoms with E-state index in [2.05, 4.69) is 21.4 Å². The van der Waals surface area contributed by atoms with Crippen LogP contribution in [-0.2, 0) is 0 Å². The molecule has 4 nitrogen and oxygen atoms in total. The second kappa shape index (κ2) is 6.34. The second-order valence-corrected chi connectivity index (χ2v) is 5.02. The normalized spacial score (nSPS) is 17.6. The van der Waals surface area contributed by atoms with Crippen molar-refractivity contribution in [2.24, 2.45) is 0 Å². The van der Waals surface area contributed by atoms with Crippen LogP contribution in [0.15, 0.2) is 6.07 Å². The number of nitrogens with zero attached hydrogens (tertiary/aromatic N) is 3. The minimum atomic E-state index is 0.441. The molecule has 1 aromatic heterocycles. The van der Waals surface area contributed by atoms with Gasteiger partial charge in [-0.2, -0.15) is 5.26 Å². The van der Waals surface area contributed by atoms with Crippen molar-refractivity contribution in [1.82, 2.24) is 9.97 Å². The Bertz CT molecular complexity index is 428. The van der Waals surface area contributed by atoms with Crippen LogP contribution in [0, 0.1) is 18.3 Å². The van der Waals surface area contributed by atoms with Crippen molar-refractivity contribution in [2.75, 3.05) is 5.32 Å². The zero-order valence-electron chi connectivity index (χ0n) is 10.9. The van der Waals surface area contributed by atoms with Gasteiger partial charge in [0.05, 0.1) is 0 Å². The standard InChI is InChI=1S/C14H20N4/c1-11-9-13(10-15)18-14(16-11)17-12-7-5-3-2-4-6-8-12/h9,12H,2-8H2,1H3,(H,16,17,18). The molecule has 1 aliphatic rings. The van der Waals surface area contributed by atoms with E-state index in [1.807, 2.05) is 6.92 Å². The SMILES string of the molecule is Cc1cc(C#N)nc(NC2CCCCCCC2)n1. The van der Waals surface area contributed by atoms with Gasteiger partial charge >= 0.3 is 0 Å². The Balaban J connectivity index is 2.03. The van der Waals surface area contributed by atoms with E-state index in [1.165, 1.54) is 44.9 Å². The number of aryl methyl sites for hydroxylation is 1. The number of nitrogens with one attached hydrogen (secondary N) is 1. The third kappa shape index (κ3) is 3.69. The van der Waals surface area contributed by atoms with Gasteiger partial charge in [-0.15, -0.1) is 0 Å². The summed E-state index contributed by atoms with van der Waals surface area (Å²) in [4.78, 5) is 8.57. The van der Waals surface area contributed by atoms with Crippen LogP contribution in [0.25, 0.3) is 0 Å². The molecule has 0 aliphatic heterocycles. The lowest BCUT2D eigenvalue weighted by atomic mass is 9.97. The molecule has 1 fully saturated rings. The molecule has 0 unspecified atom stereocenters. The monoisotopic (exact) mass is 244 g/mol. The van der Waals surface area contributed by atoms with Crippen LogP contribution >= 0.6 is 0 Å². The number of anilines is 1. The van der Waals surface area contributed by atoms with Gasteiger partial charge in [-0.05, 0) is 25.8 Å². The molecular formula is C14H20N4. The molecule has 0 spiro atoms. The van der Waals surface area contributed by atoms with E-state index >= 15 is 0 Å². The van der Waals surface area contributed by atoms with Gasteiger partial charge in [0, 0.05) is 11.7 Å². The van der Waals surface area contributed by atoms with E-state index in [4.69, 9.17) is 5.26 Å². The van der Waals surface area contributed by atoms with Crippen LogP contribution in [0.5, 0.6) is 0 Å². The van der Waals surface area contributed by atoms with E-state index in [0.29, 0.717) is 17.7 Å². The van der Waals surface area contributed by atoms with Crippen LogP contribution < -0.4 is 5.32 Å². The predicted octanol–water partition coefficient (Wildman–Crippen LogP) is 3.18. The molecule has 1 saturated carbocycles. The zero-order valence-corrected chi connectivity index (χ0v) is 10.9. The first-order valence-corrected chi connectivity index (χ1v) is 6.80. The Kier molecular flexibility index (Phi) is 4.52. The lowest BCUT2D eigenvalue weighted by molar-refractivity contribution is 0.470. The van der Waals surface area contributed by atoms with Crippen molar-refractivity contribution in [3.63, 3.8) is 0 Å². The van der Waals surface area contributed by atoms with Gasteiger partial charge in [0.1, 0.15) is 11.8 Å². The van der Waals surface area contributed by atoms with Crippen molar-refractivity contribution in [1.29, 1.82) is 5.26 Å². The van der Waals surface area contributed by atoms with E-state index in [9.17, 15) is 0 Å². The highest BCUT2D eigenvalue weighted by Crippen LogP contribution is 2.19. The Labute approximate surface area is 108 Å². The molecule has 18 heavy (non-hydrogen) atoms. The first kappa shape index (κ1) is 12.8. The largest absolute Gasteiger partial charge is 0.351 e. The maximum absolute atomic E-state index is 8.91. The summed E-state index contributed by atoms with van der Waals surface area (Å²) in [6.45, 7) is 1.89. The van der Waals surface area contributed by atoms with Crippen LogP contribution in [-0.4, -0.2) is 16.0 Å². The zero-order chi connectivity index (χ0) is 12.8. The number of hydrogen-bond acceptors (Lipinski definition) is 4. The van der Waals surface area contributed by atoms with E-state index in [-0.39, 0.29) is 0 Å². The number of aromatic nitrogens is 2. The second-order valence-electron chi connectivity index (χ2n) is 5.02. The summed E-state index contributed by atoms with van der Waals surface area (Å²) in [6.07, 6.45) is 8.93. The number of hydrogen-bond donors (Lipinski definition) is 1. The molecule has 0 saturated heterocycles. The van der Waals surface area contributed by atoms with Gasteiger partial charge in [-0.3, -0.25) is 0 Å². The van der Waals surface area contributed by atoms with Gasteiger partial charge in [-0.25, -0.2) is 9.97 Å². The summed E-state index contributed by atoms with van der Waals surface area (Å²) in [5.74, 6) is 0.608. The lowest BCUT2D eigenvalue weighted by Gasteiger charge is -2.21. The maximum atomic E-state index is 8.91. The minimum absolute atomic E-state index is 0.441. The summed E-state index contributed by atoms with van der Waals surface area (Å²) < 4.78 is 0. The van der Waals surface area contributed by atoms with Crippen molar-refractivity contribution < 1.29 is 0 Å². The van der Waals surface area contributed by atoms with Crippen LogP contribution in [0.3, 0.4) is 0 Å². The fourth-order valence-electron chi connectivity index (χ4n) is 2.47. The Morgan fingerprint density at radius 1 is 1.17 bits per heavy atom. The van der Waals surface area contributed by atoms with Crippen LogP contribution in [0.1, 0.15) is 56.3 Å². The number of nitriles is 1. The summed E-state index contributed by atoms with van der Waals surface area (Å²) in [5.41, 5.74) is 1.28. The summed E-state index contributed by atoms with van der Waals surface area (Å²) in [7, 11) is 0. The van der Waals surface area contributed by atoms with E-state index < -0.39 is 0 Å². The van der Waals surface area contributed by atoms with Gasteiger partial charge in [0.2, 0.25) is 5.95 Å². The summed E-state index contributed by atoms with van der Waals surface area (Å²) in [5, 5.41) is 12.3.